The first-order valence-electron chi connectivity index (χ1n) is 6.01. The van der Waals surface area contributed by atoms with Crippen LogP contribution in [0.1, 0.15) is 12.0 Å². The van der Waals surface area contributed by atoms with Crippen LogP contribution in [0.4, 0.5) is 0 Å². The molecule has 5 heteroatoms. The highest BCUT2D eigenvalue weighted by molar-refractivity contribution is 5.66. The minimum Gasteiger partial charge on any atom is -0.490 e. The summed E-state index contributed by atoms with van der Waals surface area (Å²) in [6, 6.07) is 5.88. The molecule has 3 N–H and O–H groups in total. The summed E-state index contributed by atoms with van der Waals surface area (Å²) >= 11 is 0. The first-order chi connectivity index (χ1) is 8.88. The van der Waals surface area contributed by atoms with Crippen molar-refractivity contribution in [2.24, 2.45) is 5.73 Å². The summed E-state index contributed by atoms with van der Waals surface area (Å²) in [4.78, 5) is 0. The van der Waals surface area contributed by atoms with Gasteiger partial charge in [0.15, 0.2) is 11.5 Å². The number of nitrogens with two attached hydrogens (primary N) is 1. The van der Waals surface area contributed by atoms with E-state index in [-0.39, 0.29) is 0 Å². The second kappa shape index (κ2) is 4.70. The maximum Gasteiger partial charge on any atom is 0.161 e. The van der Waals surface area contributed by atoms with Gasteiger partial charge in [-0.3, -0.25) is 5.10 Å². The molecule has 0 saturated carbocycles. The fourth-order valence-corrected chi connectivity index (χ4v) is 2.03. The second-order valence-electron chi connectivity index (χ2n) is 4.19. The average molecular weight is 245 g/mol. The summed E-state index contributed by atoms with van der Waals surface area (Å²) in [5.74, 6) is 1.58. The molecular weight excluding hydrogens is 230 g/mol. The van der Waals surface area contributed by atoms with Crippen molar-refractivity contribution in [1.29, 1.82) is 0 Å². The van der Waals surface area contributed by atoms with Crippen molar-refractivity contribution in [2.75, 3.05) is 13.2 Å². The van der Waals surface area contributed by atoms with Crippen molar-refractivity contribution in [3.8, 4) is 22.8 Å². The minimum atomic E-state index is 0.459. The summed E-state index contributed by atoms with van der Waals surface area (Å²) in [5, 5.41) is 6.99. The lowest BCUT2D eigenvalue weighted by molar-refractivity contribution is 0.297. The van der Waals surface area contributed by atoms with Crippen LogP contribution >= 0.6 is 0 Å². The van der Waals surface area contributed by atoms with E-state index in [4.69, 9.17) is 15.2 Å². The Balaban J connectivity index is 2.01. The standard InChI is InChI=1S/C13H15N3O2/c14-7-10-8-15-16-13(10)9-2-3-11-12(6-9)18-5-1-4-17-11/h2-3,6,8H,1,4-5,7,14H2,(H,15,16). The predicted octanol–water partition coefficient (Wildman–Crippen LogP) is 1.70. The molecule has 1 aromatic heterocycles. The van der Waals surface area contributed by atoms with E-state index in [1.807, 2.05) is 18.2 Å². The lowest BCUT2D eigenvalue weighted by atomic mass is 10.1. The number of fused-ring (bicyclic) bond motifs is 1. The van der Waals surface area contributed by atoms with Crippen LogP contribution in [0.15, 0.2) is 24.4 Å². The van der Waals surface area contributed by atoms with Crippen LogP contribution in [-0.2, 0) is 6.54 Å². The van der Waals surface area contributed by atoms with Crippen LogP contribution in [0.2, 0.25) is 0 Å². The highest BCUT2D eigenvalue weighted by Crippen LogP contribution is 2.34. The molecular formula is C13H15N3O2. The minimum absolute atomic E-state index is 0.459. The molecule has 1 aromatic carbocycles. The normalized spacial score (nSPS) is 14.3. The van der Waals surface area contributed by atoms with E-state index in [0.717, 1.165) is 34.7 Å². The predicted molar refractivity (Wildman–Crippen MR) is 67.5 cm³/mol. The number of hydrogen-bond donors (Lipinski definition) is 2. The first-order valence-corrected chi connectivity index (χ1v) is 6.01. The molecule has 1 aliphatic heterocycles. The number of benzene rings is 1. The Labute approximate surface area is 105 Å². The van der Waals surface area contributed by atoms with E-state index >= 15 is 0 Å². The zero-order valence-corrected chi connectivity index (χ0v) is 9.98. The van der Waals surface area contributed by atoms with Gasteiger partial charge >= 0.3 is 0 Å². The highest BCUT2D eigenvalue weighted by Gasteiger charge is 2.13. The van der Waals surface area contributed by atoms with Crippen molar-refractivity contribution in [3.05, 3.63) is 30.0 Å². The van der Waals surface area contributed by atoms with E-state index in [2.05, 4.69) is 10.2 Å². The third-order valence-corrected chi connectivity index (χ3v) is 2.97. The maximum atomic E-state index is 5.68. The van der Waals surface area contributed by atoms with Crippen molar-refractivity contribution < 1.29 is 9.47 Å². The first kappa shape index (κ1) is 11.1. The molecule has 0 fully saturated rings. The van der Waals surface area contributed by atoms with Gasteiger partial charge in [-0.05, 0) is 18.2 Å². The van der Waals surface area contributed by atoms with E-state index in [0.29, 0.717) is 19.8 Å². The molecule has 0 spiro atoms. The van der Waals surface area contributed by atoms with Crippen molar-refractivity contribution in [2.45, 2.75) is 13.0 Å². The third-order valence-electron chi connectivity index (χ3n) is 2.97. The van der Waals surface area contributed by atoms with Gasteiger partial charge in [0.05, 0.1) is 25.1 Å². The molecule has 0 unspecified atom stereocenters. The van der Waals surface area contributed by atoms with Crippen LogP contribution < -0.4 is 15.2 Å². The Morgan fingerprint density at radius 2 is 2.06 bits per heavy atom. The lowest BCUT2D eigenvalue weighted by Gasteiger charge is -2.09. The largest absolute Gasteiger partial charge is 0.490 e. The lowest BCUT2D eigenvalue weighted by Crippen LogP contribution is -1.97. The molecule has 5 nitrogen and oxygen atoms in total. The molecule has 1 aliphatic rings. The Morgan fingerprint density at radius 1 is 1.22 bits per heavy atom. The topological polar surface area (TPSA) is 73.2 Å². The number of aromatic amines is 1. The quantitative estimate of drug-likeness (QED) is 0.844. The Morgan fingerprint density at radius 3 is 2.89 bits per heavy atom. The van der Waals surface area contributed by atoms with E-state index in [1.165, 1.54) is 0 Å². The molecule has 3 rings (SSSR count). The Hall–Kier alpha value is -2.01. The molecule has 0 radical (unpaired) electrons. The van der Waals surface area contributed by atoms with Gasteiger partial charge in [0.2, 0.25) is 0 Å². The van der Waals surface area contributed by atoms with Gasteiger partial charge in [0.1, 0.15) is 0 Å². The van der Waals surface area contributed by atoms with Gasteiger partial charge in [0.25, 0.3) is 0 Å². The smallest absolute Gasteiger partial charge is 0.161 e. The summed E-state index contributed by atoms with van der Waals surface area (Å²) in [7, 11) is 0. The average Bonchev–Trinajstić information content (AvgIpc) is 2.76. The van der Waals surface area contributed by atoms with Crippen LogP contribution in [0, 0.1) is 0 Å². The van der Waals surface area contributed by atoms with Gasteiger partial charge in [-0.25, -0.2) is 0 Å². The van der Waals surface area contributed by atoms with Crippen molar-refractivity contribution in [1.82, 2.24) is 10.2 Å². The molecule has 0 amide bonds. The summed E-state index contributed by atoms with van der Waals surface area (Å²) in [6.07, 6.45) is 2.65. The SMILES string of the molecule is NCc1cn[nH]c1-c1ccc2c(c1)OCCCO2. The summed E-state index contributed by atoms with van der Waals surface area (Å²) < 4.78 is 11.3. The zero-order chi connectivity index (χ0) is 12.4. The number of nitrogens with one attached hydrogen (secondary N) is 1. The van der Waals surface area contributed by atoms with Gasteiger partial charge in [-0.2, -0.15) is 5.10 Å². The molecule has 2 heterocycles. The zero-order valence-electron chi connectivity index (χ0n) is 9.98. The Kier molecular flexibility index (Phi) is 2.90. The number of ether oxygens (including phenoxy) is 2. The molecule has 18 heavy (non-hydrogen) atoms. The number of rotatable bonds is 2. The van der Waals surface area contributed by atoms with Gasteiger partial charge < -0.3 is 15.2 Å². The van der Waals surface area contributed by atoms with Crippen LogP contribution in [0.5, 0.6) is 11.5 Å². The number of aromatic nitrogens is 2. The van der Waals surface area contributed by atoms with Gasteiger partial charge in [0, 0.05) is 24.1 Å². The number of nitrogens with zero attached hydrogens (tertiary/aromatic N) is 1. The fourth-order valence-electron chi connectivity index (χ4n) is 2.03. The van der Waals surface area contributed by atoms with Crippen LogP contribution in [0.3, 0.4) is 0 Å². The van der Waals surface area contributed by atoms with Crippen molar-refractivity contribution in [3.63, 3.8) is 0 Å². The Bertz CT molecular complexity index is 551. The number of H-pyrrole nitrogens is 1. The maximum absolute atomic E-state index is 5.68. The van der Waals surface area contributed by atoms with E-state index in [9.17, 15) is 0 Å². The summed E-state index contributed by atoms with van der Waals surface area (Å²) in [5.41, 5.74) is 8.62. The summed E-state index contributed by atoms with van der Waals surface area (Å²) in [6.45, 7) is 1.84. The highest BCUT2D eigenvalue weighted by atomic mass is 16.5. The van der Waals surface area contributed by atoms with Crippen molar-refractivity contribution >= 4 is 0 Å². The molecule has 0 atom stereocenters. The molecule has 2 aromatic rings. The van der Waals surface area contributed by atoms with Crippen LogP contribution in [0.25, 0.3) is 11.3 Å². The van der Waals surface area contributed by atoms with E-state index < -0.39 is 0 Å². The van der Waals surface area contributed by atoms with Gasteiger partial charge in [-0.15, -0.1) is 0 Å². The second-order valence-corrected chi connectivity index (χ2v) is 4.19. The molecule has 0 aliphatic carbocycles. The monoisotopic (exact) mass is 245 g/mol. The van der Waals surface area contributed by atoms with E-state index in [1.54, 1.807) is 6.20 Å². The van der Waals surface area contributed by atoms with Crippen LogP contribution in [-0.4, -0.2) is 23.4 Å². The third kappa shape index (κ3) is 1.93. The molecule has 0 bridgehead atoms. The molecule has 0 saturated heterocycles. The van der Waals surface area contributed by atoms with Gasteiger partial charge in [-0.1, -0.05) is 0 Å². The molecule has 94 valence electrons. The number of hydrogen-bond acceptors (Lipinski definition) is 4. The fraction of sp³-hybridized carbons (Fsp3) is 0.308.